The molecule has 146 valence electrons. The molecule has 0 radical (unpaired) electrons. The minimum atomic E-state index is -0.469. The van der Waals surface area contributed by atoms with Crippen LogP contribution in [0.4, 0.5) is 0 Å². The van der Waals surface area contributed by atoms with E-state index in [0.29, 0.717) is 20.1 Å². The van der Waals surface area contributed by atoms with Gasteiger partial charge in [0.15, 0.2) is 0 Å². The van der Waals surface area contributed by atoms with E-state index < -0.39 is 6.23 Å². The van der Waals surface area contributed by atoms with Crippen LogP contribution < -0.4 is 4.74 Å². The van der Waals surface area contributed by atoms with Crippen molar-refractivity contribution in [1.82, 2.24) is 5.01 Å². The lowest BCUT2D eigenvalue weighted by atomic mass is 9.96. The molecule has 0 spiro atoms. The Morgan fingerprint density at radius 3 is 2.24 bits per heavy atom. The second kappa shape index (κ2) is 7.41. The van der Waals surface area contributed by atoms with Gasteiger partial charge in [0.2, 0.25) is 6.23 Å². The van der Waals surface area contributed by atoms with Crippen LogP contribution in [-0.4, -0.2) is 10.7 Å². The van der Waals surface area contributed by atoms with Crippen LogP contribution in [0.2, 0.25) is 20.1 Å². The van der Waals surface area contributed by atoms with Crippen molar-refractivity contribution in [3.63, 3.8) is 0 Å². The van der Waals surface area contributed by atoms with Crippen molar-refractivity contribution < 1.29 is 4.74 Å². The molecule has 0 aliphatic carbocycles. The van der Waals surface area contributed by atoms with E-state index in [9.17, 15) is 0 Å². The monoisotopic (exact) mass is 462 g/mol. The molecular weight excluding hydrogens is 450 g/mol. The summed E-state index contributed by atoms with van der Waals surface area (Å²) in [6.45, 7) is 0. The molecule has 3 aromatic rings. The maximum atomic E-state index is 6.50. The Bertz CT molecular complexity index is 1130. The predicted molar refractivity (Wildman–Crippen MR) is 118 cm³/mol. The molecule has 2 aliphatic heterocycles. The molecule has 7 heteroatoms. The molecule has 0 saturated carbocycles. The zero-order valence-corrected chi connectivity index (χ0v) is 18.0. The summed E-state index contributed by atoms with van der Waals surface area (Å²) in [5.74, 6) is 0.777. The number of hydrogen-bond acceptors (Lipinski definition) is 3. The summed E-state index contributed by atoms with van der Waals surface area (Å²) in [5.41, 5.74) is 3.79. The van der Waals surface area contributed by atoms with Crippen LogP contribution in [0.15, 0.2) is 65.8 Å². The first kappa shape index (κ1) is 19.1. The summed E-state index contributed by atoms with van der Waals surface area (Å²) in [6, 6.07) is 18.7. The first-order valence-electron chi connectivity index (χ1n) is 9.02. The van der Waals surface area contributed by atoms with Crippen molar-refractivity contribution in [2.75, 3.05) is 0 Å². The first-order chi connectivity index (χ1) is 14.0. The molecule has 0 amide bonds. The molecule has 0 fully saturated rings. The molecule has 5 rings (SSSR count). The molecule has 0 aromatic heterocycles. The lowest BCUT2D eigenvalue weighted by molar-refractivity contribution is -0.0189. The fourth-order valence-corrected chi connectivity index (χ4v) is 4.59. The largest absolute Gasteiger partial charge is 0.464 e. The van der Waals surface area contributed by atoms with Gasteiger partial charge in [-0.25, -0.2) is 5.01 Å². The second-order valence-corrected chi connectivity index (χ2v) is 8.69. The predicted octanol–water partition coefficient (Wildman–Crippen LogP) is 7.54. The Morgan fingerprint density at radius 1 is 0.793 bits per heavy atom. The molecule has 0 N–H and O–H groups in total. The number of fused-ring (bicyclic) bond motifs is 3. The third-order valence-electron chi connectivity index (χ3n) is 5.16. The molecule has 0 unspecified atom stereocenters. The van der Waals surface area contributed by atoms with Gasteiger partial charge in [-0.1, -0.05) is 64.6 Å². The third-order valence-corrected chi connectivity index (χ3v) is 6.21. The Morgan fingerprint density at radius 2 is 1.48 bits per heavy atom. The van der Waals surface area contributed by atoms with E-state index in [4.69, 9.17) is 56.2 Å². The van der Waals surface area contributed by atoms with Gasteiger partial charge in [0.25, 0.3) is 0 Å². The second-order valence-electron chi connectivity index (χ2n) is 6.97. The van der Waals surface area contributed by atoms with E-state index >= 15 is 0 Å². The summed E-state index contributed by atoms with van der Waals surface area (Å²) in [4.78, 5) is 0. The van der Waals surface area contributed by atoms with Gasteiger partial charge in [-0.05, 0) is 48.0 Å². The molecule has 2 heterocycles. The van der Waals surface area contributed by atoms with E-state index in [1.165, 1.54) is 0 Å². The molecular formula is C22H14Cl4N2O. The van der Waals surface area contributed by atoms with Gasteiger partial charge in [0, 0.05) is 32.6 Å². The first-order valence-corrected chi connectivity index (χ1v) is 10.5. The van der Waals surface area contributed by atoms with Crippen molar-refractivity contribution in [3.8, 4) is 5.75 Å². The van der Waals surface area contributed by atoms with Crippen molar-refractivity contribution in [2.45, 2.75) is 18.7 Å². The number of nitrogens with zero attached hydrogens (tertiary/aromatic N) is 2. The topological polar surface area (TPSA) is 24.8 Å². The maximum absolute atomic E-state index is 6.50. The fourth-order valence-electron chi connectivity index (χ4n) is 3.78. The third kappa shape index (κ3) is 3.47. The van der Waals surface area contributed by atoms with Gasteiger partial charge in [-0.2, -0.15) is 5.10 Å². The fraction of sp³-hybridized carbons (Fsp3) is 0.136. The van der Waals surface area contributed by atoms with Crippen LogP contribution in [0.1, 0.15) is 35.4 Å². The Kier molecular flexibility index (Phi) is 4.87. The molecule has 0 bridgehead atoms. The lowest BCUT2D eigenvalue weighted by Crippen LogP contribution is -2.33. The van der Waals surface area contributed by atoms with Crippen LogP contribution >= 0.6 is 46.4 Å². The zero-order chi connectivity index (χ0) is 20.1. The molecule has 2 aliphatic rings. The highest BCUT2D eigenvalue weighted by atomic mass is 35.5. The molecule has 3 nitrogen and oxygen atoms in total. The zero-order valence-electron chi connectivity index (χ0n) is 14.9. The Hall–Kier alpha value is -1.91. The summed E-state index contributed by atoms with van der Waals surface area (Å²) in [7, 11) is 0. The molecule has 2 atom stereocenters. The SMILES string of the molecule is Clc1ccc(C2=NN3[C@H](C2)c2cc(Cl)ccc2O[C@@H]3c2ccc(Cl)cc2Cl)cc1. The summed E-state index contributed by atoms with van der Waals surface area (Å²) in [6.07, 6.45) is 0.253. The number of hydrogen-bond donors (Lipinski definition) is 0. The standard InChI is InChI=1S/C22H14Cl4N2O/c23-13-3-1-12(2-4-13)19-11-20-17-9-14(24)6-8-21(17)29-22(28(20)27-19)16-7-5-15(25)10-18(16)26/h1-10,20,22H,11H2/t20-,22-/m1/s1. The van der Waals surface area contributed by atoms with Gasteiger partial charge in [0.05, 0.1) is 16.8 Å². The Labute approximate surface area is 188 Å². The van der Waals surface area contributed by atoms with Crippen molar-refractivity contribution in [1.29, 1.82) is 0 Å². The average Bonchev–Trinajstić information content (AvgIpc) is 3.14. The van der Waals surface area contributed by atoms with E-state index in [1.807, 2.05) is 53.5 Å². The average molecular weight is 464 g/mol. The van der Waals surface area contributed by atoms with Crippen LogP contribution in [-0.2, 0) is 0 Å². The molecule has 0 saturated heterocycles. The number of benzene rings is 3. The maximum Gasteiger partial charge on any atom is 0.215 e. The van der Waals surface area contributed by atoms with Crippen LogP contribution in [0.5, 0.6) is 5.75 Å². The minimum absolute atomic E-state index is 0.0140. The van der Waals surface area contributed by atoms with Gasteiger partial charge >= 0.3 is 0 Å². The van der Waals surface area contributed by atoms with Crippen LogP contribution in [0.3, 0.4) is 0 Å². The van der Waals surface area contributed by atoms with E-state index in [2.05, 4.69) is 0 Å². The van der Waals surface area contributed by atoms with Crippen molar-refractivity contribution in [3.05, 3.63) is 97.4 Å². The quantitative estimate of drug-likeness (QED) is 0.392. The van der Waals surface area contributed by atoms with Crippen molar-refractivity contribution in [2.24, 2.45) is 5.10 Å². The highest BCUT2D eigenvalue weighted by Crippen LogP contribution is 2.49. The smallest absolute Gasteiger partial charge is 0.215 e. The molecule has 3 aromatic carbocycles. The van der Waals surface area contributed by atoms with Gasteiger partial charge in [0.1, 0.15) is 5.75 Å². The lowest BCUT2D eigenvalue weighted by Gasteiger charge is -2.38. The van der Waals surface area contributed by atoms with Gasteiger partial charge in [-0.15, -0.1) is 0 Å². The number of ether oxygens (including phenoxy) is 1. The number of halogens is 4. The summed E-state index contributed by atoms with van der Waals surface area (Å²) < 4.78 is 6.32. The van der Waals surface area contributed by atoms with Crippen LogP contribution in [0, 0.1) is 0 Å². The van der Waals surface area contributed by atoms with Gasteiger partial charge in [-0.3, -0.25) is 0 Å². The van der Waals surface area contributed by atoms with E-state index in [1.54, 1.807) is 12.1 Å². The van der Waals surface area contributed by atoms with Crippen LogP contribution in [0.25, 0.3) is 0 Å². The van der Waals surface area contributed by atoms with Gasteiger partial charge < -0.3 is 4.74 Å². The van der Waals surface area contributed by atoms with E-state index in [-0.39, 0.29) is 6.04 Å². The highest BCUT2D eigenvalue weighted by Gasteiger charge is 2.41. The highest BCUT2D eigenvalue weighted by molar-refractivity contribution is 6.35. The van der Waals surface area contributed by atoms with E-state index in [0.717, 1.165) is 34.6 Å². The normalized spacial score (nSPS) is 20.0. The summed E-state index contributed by atoms with van der Waals surface area (Å²) in [5, 5.41) is 9.33. The van der Waals surface area contributed by atoms with Crippen molar-refractivity contribution >= 4 is 52.1 Å². The number of rotatable bonds is 2. The summed E-state index contributed by atoms with van der Waals surface area (Å²) >= 11 is 24.9. The molecule has 29 heavy (non-hydrogen) atoms. The Balaban J connectivity index is 1.62. The minimum Gasteiger partial charge on any atom is -0.464 e. The number of hydrazone groups is 1.